The highest BCUT2D eigenvalue weighted by Crippen LogP contribution is 2.26. The fraction of sp³-hybridized carbons (Fsp3) is 0.533. The van der Waals surface area contributed by atoms with Crippen molar-refractivity contribution in [2.24, 2.45) is 0 Å². The van der Waals surface area contributed by atoms with Crippen LogP contribution < -0.4 is 5.32 Å². The van der Waals surface area contributed by atoms with Crippen molar-refractivity contribution in [1.29, 1.82) is 0 Å². The fourth-order valence-electron chi connectivity index (χ4n) is 2.69. The van der Waals surface area contributed by atoms with Crippen LogP contribution in [-0.4, -0.2) is 55.2 Å². The van der Waals surface area contributed by atoms with Gasteiger partial charge in [-0.3, -0.25) is 4.79 Å². The lowest BCUT2D eigenvalue weighted by Gasteiger charge is -2.17. The van der Waals surface area contributed by atoms with Crippen molar-refractivity contribution in [2.45, 2.75) is 31.0 Å². The lowest BCUT2D eigenvalue weighted by atomic mass is 10.1. The standard InChI is InChI=1S/C15H19NO5/c17-12-8-21-14-11(7-20-15(12)14)16-13(18)9-19-6-10-4-2-1-3-5-10/h1-5,11-12,14-15,17H,6-9H2,(H,16,18)/t11-,12-,14-,15-/m1/s1. The van der Waals surface area contributed by atoms with E-state index in [1.807, 2.05) is 30.3 Å². The number of aliphatic hydroxyl groups excluding tert-OH is 1. The van der Waals surface area contributed by atoms with Gasteiger partial charge in [-0.15, -0.1) is 0 Å². The number of ether oxygens (including phenoxy) is 3. The molecule has 0 spiro atoms. The molecule has 1 amide bonds. The van der Waals surface area contributed by atoms with Crippen LogP contribution in [0.15, 0.2) is 30.3 Å². The summed E-state index contributed by atoms with van der Waals surface area (Å²) in [5, 5.41) is 12.5. The van der Waals surface area contributed by atoms with Gasteiger partial charge in [0.2, 0.25) is 5.91 Å². The van der Waals surface area contributed by atoms with Gasteiger partial charge in [0.05, 0.1) is 25.9 Å². The zero-order valence-electron chi connectivity index (χ0n) is 11.6. The van der Waals surface area contributed by atoms with E-state index in [4.69, 9.17) is 14.2 Å². The summed E-state index contributed by atoms with van der Waals surface area (Å²) in [5.41, 5.74) is 1.02. The number of benzene rings is 1. The van der Waals surface area contributed by atoms with Gasteiger partial charge in [-0.05, 0) is 5.56 Å². The summed E-state index contributed by atoms with van der Waals surface area (Å²) in [6.45, 7) is 1.01. The molecule has 2 aliphatic heterocycles. The van der Waals surface area contributed by atoms with E-state index in [2.05, 4.69) is 5.32 Å². The second kappa shape index (κ2) is 6.53. The summed E-state index contributed by atoms with van der Waals surface area (Å²) in [4.78, 5) is 11.8. The summed E-state index contributed by atoms with van der Waals surface area (Å²) >= 11 is 0. The minimum absolute atomic E-state index is 0.00860. The normalized spacial score (nSPS) is 31.1. The first kappa shape index (κ1) is 14.5. The summed E-state index contributed by atoms with van der Waals surface area (Å²) in [6, 6.07) is 9.46. The molecule has 2 N–H and O–H groups in total. The average molecular weight is 293 g/mol. The molecule has 0 bridgehead atoms. The Balaban J connectivity index is 1.41. The van der Waals surface area contributed by atoms with Crippen LogP contribution in [0.5, 0.6) is 0 Å². The molecule has 6 heteroatoms. The molecule has 3 rings (SSSR count). The molecule has 0 aromatic heterocycles. The topological polar surface area (TPSA) is 77.0 Å². The van der Waals surface area contributed by atoms with Crippen LogP contribution in [0, 0.1) is 0 Å². The first-order chi connectivity index (χ1) is 10.2. The molecule has 2 heterocycles. The Morgan fingerprint density at radius 3 is 2.81 bits per heavy atom. The number of aliphatic hydroxyl groups is 1. The zero-order valence-corrected chi connectivity index (χ0v) is 11.6. The second-order valence-electron chi connectivity index (χ2n) is 5.32. The summed E-state index contributed by atoms with van der Waals surface area (Å²) < 4.78 is 16.3. The first-order valence-electron chi connectivity index (χ1n) is 7.06. The highest BCUT2D eigenvalue weighted by molar-refractivity contribution is 5.77. The zero-order chi connectivity index (χ0) is 14.7. The molecular formula is C15H19NO5. The van der Waals surface area contributed by atoms with Gasteiger partial charge in [-0.1, -0.05) is 30.3 Å². The van der Waals surface area contributed by atoms with Crippen LogP contribution in [0.25, 0.3) is 0 Å². The number of carbonyl (C=O) groups is 1. The van der Waals surface area contributed by atoms with E-state index in [1.54, 1.807) is 0 Å². The largest absolute Gasteiger partial charge is 0.388 e. The predicted molar refractivity (Wildman–Crippen MR) is 73.5 cm³/mol. The fourth-order valence-corrected chi connectivity index (χ4v) is 2.69. The number of carbonyl (C=O) groups excluding carboxylic acids is 1. The number of hydrogen-bond acceptors (Lipinski definition) is 5. The summed E-state index contributed by atoms with van der Waals surface area (Å²) in [5.74, 6) is -0.204. The van der Waals surface area contributed by atoms with E-state index in [0.717, 1.165) is 5.56 Å². The number of rotatable bonds is 5. The average Bonchev–Trinajstić information content (AvgIpc) is 3.05. The van der Waals surface area contributed by atoms with E-state index in [0.29, 0.717) is 13.2 Å². The minimum Gasteiger partial charge on any atom is -0.388 e. The maximum Gasteiger partial charge on any atom is 0.246 e. The molecule has 2 saturated heterocycles. The van der Waals surface area contributed by atoms with E-state index >= 15 is 0 Å². The Kier molecular flexibility index (Phi) is 4.50. The highest BCUT2D eigenvalue weighted by atomic mass is 16.6. The molecule has 6 nitrogen and oxygen atoms in total. The molecule has 0 radical (unpaired) electrons. The van der Waals surface area contributed by atoms with Gasteiger partial charge in [0.25, 0.3) is 0 Å². The lowest BCUT2D eigenvalue weighted by Crippen LogP contribution is -2.45. The molecule has 4 atom stereocenters. The number of amides is 1. The Bertz CT molecular complexity index is 480. The molecule has 0 saturated carbocycles. The van der Waals surface area contributed by atoms with Crippen molar-refractivity contribution in [3.63, 3.8) is 0 Å². The van der Waals surface area contributed by atoms with Crippen molar-refractivity contribution in [3.8, 4) is 0 Å². The maximum absolute atomic E-state index is 11.8. The molecule has 0 unspecified atom stereocenters. The molecule has 2 fully saturated rings. The molecule has 1 aromatic carbocycles. The molecule has 1 aromatic rings. The van der Waals surface area contributed by atoms with E-state index < -0.39 is 6.10 Å². The number of fused-ring (bicyclic) bond motifs is 1. The van der Waals surface area contributed by atoms with Crippen molar-refractivity contribution in [1.82, 2.24) is 5.32 Å². The van der Waals surface area contributed by atoms with Crippen LogP contribution >= 0.6 is 0 Å². The van der Waals surface area contributed by atoms with E-state index in [1.165, 1.54) is 0 Å². The second-order valence-corrected chi connectivity index (χ2v) is 5.32. The van der Waals surface area contributed by atoms with Crippen LogP contribution in [0.1, 0.15) is 5.56 Å². The Morgan fingerprint density at radius 2 is 2.00 bits per heavy atom. The predicted octanol–water partition coefficient (Wildman–Crippen LogP) is -0.154. The van der Waals surface area contributed by atoms with Crippen molar-refractivity contribution < 1.29 is 24.1 Å². The smallest absolute Gasteiger partial charge is 0.246 e. The van der Waals surface area contributed by atoms with Gasteiger partial charge in [0, 0.05) is 0 Å². The lowest BCUT2D eigenvalue weighted by molar-refractivity contribution is -0.127. The van der Waals surface area contributed by atoms with Crippen LogP contribution in [0.4, 0.5) is 0 Å². The third-order valence-corrected chi connectivity index (χ3v) is 3.72. The Labute approximate surface area is 123 Å². The molecule has 114 valence electrons. The maximum atomic E-state index is 11.8. The van der Waals surface area contributed by atoms with Gasteiger partial charge in [-0.2, -0.15) is 0 Å². The first-order valence-corrected chi connectivity index (χ1v) is 7.06. The Morgan fingerprint density at radius 1 is 1.24 bits per heavy atom. The van der Waals surface area contributed by atoms with Crippen molar-refractivity contribution in [3.05, 3.63) is 35.9 Å². The van der Waals surface area contributed by atoms with Crippen molar-refractivity contribution in [2.75, 3.05) is 19.8 Å². The summed E-state index contributed by atoms with van der Waals surface area (Å²) in [6.07, 6.45) is -1.20. The number of nitrogens with one attached hydrogen (secondary N) is 1. The minimum atomic E-state index is -0.605. The van der Waals surface area contributed by atoms with Gasteiger partial charge in [0.15, 0.2) is 0 Å². The van der Waals surface area contributed by atoms with Crippen molar-refractivity contribution >= 4 is 5.91 Å². The summed E-state index contributed by atoms with van der Waals surface area (Å²) in [7, 11) is 0. The molecule has 2 aliphatic rings. The third kappa shape index (κ3) is 3.41. The molecule has 0 aliphatic carbocycles. The highest BCUT2D eigenvalue weighted by Gasteiger charge is 2.47. The number of hydrogen-bond donors (Lipinski definition) is 2. The Hall–Kier alpha value is -1.47. The van der Waals surface area contributed by atoms with Gasteiger partial charge < -0.3 is 24.6 Å². The third-order valence-electron chi connectivity index (χ3n) is 3.72. The van der Waals surface area contributed by atoms with Crippen LogP contribution in [0.2, 0.25) is 0 Å². The molecule has 21 heavy (non-hydrogen) atoms. The monoisotopic (exact) mass is 293 g/mol. The van der Waals surface area contributed by atoms with Gasteiger partial charge in [0.1, 0.15) is 24.9 Å². The van der Waals surface area contributed by atoms with Gasteiger partial charge >= 0.3 is 0 Å². The van der Waals surface area contributed by atoms with E-state index in [-0.39, 0.29) is 37.4 Å². The quantitative estimate of drug-likeness (QED) is 0.789. The SMILES string of the molecule is O=C(COCc1ccccc1)N[C@@H]1CO[C@H]2[C@@H]1OC[C@H]2O. The molecular weight excluding hydrogens is 274 g/mol. The van der Waals surface area contributed by atoms with E-state index in [9.17, 15) is 9.90 Å². The van der Waals surface area contributed by atoms with Crippen LogP contribution in [0.3, 0.4) is 0 Å². The van der Waals surface area contributed by atoms with Crippen LogP contribution in [-0.2, 0) is 25.6 Å². The van der Waals surface area contributed by atoms with Gasteiger partial charge in [-0.25, -0.2) is 0 Å².